The van der Waals surface area contributed by atoms with E-state index < -0.39 is 66.4 Å². The van der Waals surface area contributed by atoms with Crippen LogP contribution in [0.2, 0.25) is 0 Å². The van der Waals surface area contributed by atoms with E-state index in [0.717, 1.165) is 6.92 Å². The molecule has 0 aliphatic rings. The number of carbonyl (C=O) groups excluding carboxylic acids is 3. The number of aliphatic carboxylic acids is 2. The van der Waals surface area contributed by atoms with Crippen LogP contribution in [-0.4, -0.2) is 81.0 Å². The van der Waals surface area contributed by atoms with Crippen LogP contribution in [0.4, 0.5) is 0 Å². The molecule has 0 fully saturated rings. The zero-order chi connectivity index (χ0) is 23.6. The molecule has 0 rings (SSSR count). The number of carboxylic acids is 2. The highest BCUT2D eigenvalue weighted by molar-refractivity contribution is 7.80. The summed E-state index contributed by atoms with van der Waals surface area (Å²) in [5.41, 5.74) is 5.74. The molecule has 3 amide bonds. The number of amides is 3. The zero-order valence-electron chi connectivity index (χ0n) is 17.0. The van der Waals surface area contributed by atoms with Gasteiger partial charge in [-0.2, -0.15) is 12.6 Å². The van der Waals surface area contributed by atoms with Gasteiger partial charge >= 0.3 is 11.9 Å². The molecule has 0 aliphatic heterocycles. The number of aliphatic hydroxyl groups is 1. The van der Waals surface area contributed by atoms with Crippen LogP contribution in [0.5, 0.6) is 0 Å². The maximum absolute atomic E-state index is 12.5. The summed E-state index contributed by atoms with van der Waals surface area (Å²) in [6.45, 7) is 4.83. The fraction of sp³-hybridized carbons (Fsp3) is 0.706. The van der Waals surface area contributed by atoms with Gasteiger partial charge < -0.3 is 37.0 Å². The van der Waals surface area contributed by atoms with Crippen LogP contribution < -0.4 is 21.7 Å². The van der Waals surface area contributed by atoms with E-state index in [2.05, 4.69) is 28.6 Å². The van der Waals surface area contributed by atoms with Gasteiger partial charge in [-0.3, -0.25) is 19.2 Å². The Kier molecular flexibility index (Phi) is 12.0. The first-order valence-electron chi connectivity index (χ1n) is 9.20. The Morgan fingerprint density at radius 2 is 1.40 bits per heavy atom. The van der Waals surface area contributed by atoms with E-state index in [1.54, 1.807) is 0 Å². The van der Waals surface area contributed by atoms with Crippen molar-refractivity contribution in [3.8, 4) is 0 Å². The molecule has 0 aromatic rings. The summed E-state index contributed by atoms with van der Waals surface area (Å²) in [6.07, 6.45) is -1.87. The molecule has 0 radical (unpaired) electrons. The highest BCUT2D eigenvalue weighted by Gasteiger charge is 2.32. The number of thiol groups is 1. The van der Waals surface area contributed by atoms with Gasteiger partial charge in [-0.05, 0) is 19.3 Å². The highest BCUT2D eigenvalue weighted by Crippen LogP contribution is 2.04. The predicted octanol–water partition coefficient (Wildman–Crippen LogP) is -2.32. The van der Waals surface area contributed by atoms with E-state index in [4.69, 9.17) is 15.9 Å². The first-order valence-corrected chi connectivity index (χ1v) is 9.83. The lowest BCUT2D eigenvalue weighted by molar-refractivity contribution is -0.145. The number of hydrogen-bond donors (Lipinski definition) is 8. The first kappa shape index (κ1) is 27.6. The maximum atomic E-state index is 12.5. The summed E-state index contributed by atoms with van der Waals surface area (Å²) in [6, 6.07) is -5.45. The lowest BCUT2D eigenvalue weighted by Crippen LogP contribution is -2.59. The molecule has 0 heterocycles. The summed E-state index contributed by atoms with van der Waals surface area (Å²) < 4.78 is 0. The Bertz CT molecular complexity index is 643. The Morgan fingerprint density at radius 3 is 1.80 bits per heavy atom. The van der Waals surface area contributed by atoms with Crippen molar-refractivity contribution in [3.63, 3.8) is 0 Å². The molecule has 0 aromatic heterocycles. The molecular formula is C17H30N4O8S. The number of rotatable bonds is 13. The van der Waals surface area contributed by atoms with Crippen LogP contribution in [0, 0.1) is 5.92 Å². The standard InChI is InChI=1S/C17H30N4O8S/c1-7(2)4-9(18)14(25)19-10(5-12(23)24)15(26)20-11(6-30)16(27)21-13(8(3)22)17(28)29/h7-11,13,22,30H,4-6,18H2,1-3H3,(H,19,25)(H,20,26)(H,21,27)(H,23,24)(H,28,29). The molecule has 0 spiro atoms. The van der Waals surface area contributed by atoms with Crippen molar-refractivity contribution in [2.45, 2.75) is 63.9 Å². The van der Waals surface area contributed by atoms with Crippen LogP contribution in [-0.2, 0) is 24.0 Å². The van der Waals surface area contributed by atoms with Gasteiger partial charge in [-0.1, -0.05) is 13.8 Å². The van der Waals surface area contributed by atoms with E-state index in [-0.39, 0.29) is 11.7 Å². The third kappa shape index (κ3) is 9.89. The molecule has 0 saturated carbocycles. The van der Waals surface area contributed by atoms with Crippen molar-refractivity contribution in [1.29, 1.82) is 0 Å². The molecule has 172 valence electrons. The molecule has 5 unspecified atom stereocenters. The van der Waals surface area contributed by atoms with Crippen molar-refractivity contribution in [1.82, 2.24) is 16.0 Å². The van der Waals surface area contributed by atoms with Crippen molar-refractivity contribution in [3.05, 3.63) is 0 Å². The van der Waals surface area contributed by atoms with Crippen LogP contribution in [0.1, 0.15) is 33.6 Å². The van der Waals surface area contributed by atoms with Gasteiger partial charge in [0, 0.05) is 5.75 Å². The van der Waals surface area contributed by atoms with Crippen molar-refractivity contribution in [2.24, 2.45) is 11.7 Å². The minimum Gasteiger partial charge on any atom is -0.481 e. The summed E-state index contributed by atoms with van der Waals surface area (Å²) >= 11 is 3.92. The van der Waals surface area contributed by atoms with Crippen LogP contribution >= 0.6 is 12.6 Å². The molecule has 13 heteroatoms. The molecule has 12 nitrogen and oxygen atoms in total. The van der Waals surface area contributed by atoms with Crippen molar-refractivity contribution >= 4 is 42.3 Å². The second-order valence-corrected chi connectivity index (χ2v) is 7.57. The minimum absolute atomic E-state index is 0.0888. The number of carbonyl (C=O) groups is 5. The Hall–Kier alpha value is -2.38. The zero-order valence-corrected chi connectivity index (χ0v) is 17.9. The number of nitrogens with two attached hydrogens (primary N) is 1. The second kappa shape index (κ2) is 13.0. The Morgan fingerprint density at radius 1 is 0.900 bits per heavy atom. The number of nitrogens with one attached hydrogen (secondary N) is 3. The van der Waals surface area contributed by atoms with Gasteiger partial charge in [0.25, 0.3) is 0 Å². The molecule has 8 N–H and O–H groups in total. The van der Waals surface area contributed by atoms with Crippen LogP contribution in [0.25, 0.3) is 0 Å². The monoisotopic (exact) mass is 450 g/mol. The average molecular weight is 451 g/mol. The average Bonchev–Trinajstić information content (AvgIpc) is 2.61. The summed E-state index contributed by atoms with van der Waals surface area (Å²) in [7, 11) is 0. The smallest absolute Gasteiger partial charge is 0.328 e. The summed E-state index contributed by atoms with van der Waals surface area (Å²) in [5, 5.41) is 34.0. The number of carboxylic acid groups (broad SMARTS) is 2. The molecule has 0 saturated heterocycles. The fourth-order valence-corrected chi connectivity index (χ4v) is 2.64. The van der Waals surface area contributed by atoms with E-state index in [9.17, 15) is 29.1 Å². The lowest BCUT2D eigenvalue weighted by Gasteiger charge is -2.24. The number of aliphatic hydroxyl groups excluding tert-OH is 1. The molecule has 0 bridgehead atoms. The van der Waals surface area contributed by atoms with Gasteiger partial charge in [0.15, 0.2) is 6.04 Å². The molecule has 0 aromatic carbocycles. The molecule has 5 atom stereocenters. The lowest BCUT2D eigenvalue weighted by atomic mass is 10.0. The van der Waals surface area contributed by atoms with E-state index in [1.807, 2.05) is 13.8 Å². The highest BCUT2D eigenvalue weighted by atomic mass is 32.1. The summed E-state index contributed by atoms with van der Waals surface area (Å²) in [5.74, 6) is -5.70. The third-order valence-corrected chi connectivity index (χ3v) is 4.30. The molecule has 30 heavy (non-hydrogen) atoms. The number of hydrogen-bond acceptors (Lipinski definition) is 8. The maximum Gasteiger partial charge on any atom is 0.328 e. The van der Waals surface area contributed by atoms with Crippen molar-refractivity contribution in [2.75, 3.05) is 5.75 Å². The first-order chi connectivity index (χ1) is 13.8. The normalized spacial score (nSPS) is 16.0. The van der Waals surface area contributed by atoms with Gasteiger partial charge in [-0.15, -0.1) is 0 Å². The topological polar surface area (TPSA) is 208 Å². The predicted molar refractivity (Wildman–Crippen MR) is 109 cm³/mol. The van der Waals surface area contributed by atoms with Crippen molar-refractivity contribution < 1.29 is 39.3 Å². The van der Waals surface area contributed by atoms with Gasteiger partial charge in [0.1, 0.15) is 12.1 Å². The summed E-state index contributed by atoms with van der Waals surface area (Å²) in [4.78, 5) is 59.1. The van der Waals surface area contributed by atoms with E-state index in [0.29, 0.717) is 6.42 Å². The minimum atomic E-state index is -1.62. The van der Waals surface area contributed by atoms with E-state index >= 15 is 0 Å². The largest absolute Gasteiger partial charge is 0.481 e. The third-order valence-electron chi connectivity index (χ3n) is 3.94. The fourth-order valence-electron chi connectivity index (χ4n) is 2.39. The van der Waals surface area contributed by atoms with Gasteiger partial charge in [0.05, 0.1) is 18.6 Å². The van der Waals surface area contributed by atoms with Gasteiger partial charge in [0.2, 0.25) is 17.7 Å². The van der Waals surface area contributed by atoms with Crippen LogP contribution in [0.3, 0.4) is 0 Å². The SMILES string of the molecule is CC(C)CC(N)C(=O)NC(CC(=O)O)C(=O)NC(CS)C(=O)NC(C(=O)O)C(C)O. The Balaban J connectivity index is 5.25. The second-order valence-electron chi connectivity index (χ2n) is 7.20. The Labute approximate surface area is 179 Å². The van der Waals surface area contributed by atoms with Gasteiger partial charge in [-0.25, -0.2) is 4.79 Å². The van der Waals surface area contributed by atoms with Crippen LogP contribution in [0.15, 0.2) is 0 Å². The van der Waals surface area contributed by atoms with E-state index in [1.165, 1.54) is 0 Å². The molecular weight excluding hydrogens is 420 g/mol. The quantitative estimate of drug-likeness (QED) is 0.141. The molecule has 0 aliphatic carbocycles.